The van der Waals surface area contributed by atoms with E-state index in [9.17, 15) is 14.7 Å². The molecule has 2 rings (SSSR count). The van der Waals surface area contributed by atoms with Crippen molar-refractivity contribution < 1.29 is 19.4 Å². The molecule has 0 radical (unpaired) electrons. The fraction of sp³-hybridized carbons (Fsp3) is 0.400. The molecule has 0 saturated heterocycles. The minimum absolute atomic E-state index is 0.0434. The molecule has 0 aliphatic rings. The molecule has 1 aromatic heterocycles. The van der Waals surface area contributed by atoms with E-state index in [0.29, 0.717) is 10.9 Å². The van der Waals surface area contributed by atoms with E-state index in [-0.39, 0.29) is 23.8 Å². The van der Waals surface area contributed by atoms with Crippen LogP contribution in [0.15, 0.2) is 18.2 Å². The van der Waals surface area contributed by atoms with Crippen LogP contribution in [0.25, 0.3) is 10.9 Å². The molecule has 1 heterocycles. The highest BCUT2D eigenvalue weighted by Gasteiger charge is 2.20. The maximum Gasteiger partial charge on any atom is 0.328 e. The Kier molecular flexibility index (Phi) is 3.72. The molecule has 112 valence electrons. The Morgan fingerprint density at radius 2 is 2.00 bits per heavy atom. The summed E-state index contributed by atoms with van der Waals surface area (Å²) in [5.74, 6) is -0.620. The Morgan fingerprint density at radius 3 is 2.57 bits per heavy atom. The summed E-state index contributed by atoms with van der Waals surface area (Å²) in [4.78, 5) is 23.5. The van der Waals surface area contributed by atoms with E-state index < -0.39 is 11.6 Å². The Bertz CT molecular complexity index is 710. The first kappa shape index (κ1) is 15.0. The van der Waals surface area contributed by atoms with Gasteiger partial charge in [0, 0.05) is 12.3 Å². The average molecular weight is 290 g/mol. The summed E-state index contributed by atoms with van der Waals surface area (Å²) in [6, 6.07) is 4.57. The van der Waals surface area contributed by atoms with Crippen molar-refractivity contribution in [2.75, 3.05) is 0 Å². The number of fused-ring (bicyclic) bond motifs is 1. The number of esters is 1. The van der Waals surface area contributed by atoms with E-state index in [4.69, 9.17) is 4.74 Å². The minimum Gasteiger partial charge on any atom is -0.508 e. The molecule has 0 aliphatic carbocycles. The molecule has 0 atom stereocenters. The average Bonchev–Trinajstić information content (AvgIpc) is 2.64. The number of phenols is 1. The van der Waals surface area contributed by atoms with Gasteiger partial charge in [0.2, 0.25) is 0 Å². The van der Waals surface area contributed by atoms with Crippen LogP contribution in [0.2, 0.25) is 0 Å². The predicted octanol–water partition coefficient (Wildman–Crippen LogP) is 2.29. The van der Waals surface area contributed by atoms with Crippen molar-refractivity contribution in [2.45, 2.75) is 39.8 Å². The zero-order valence-electron chi connectivity index (χ0n) is 12.5. The number of aromatic nitrogens is 2. The van der Waals surface area contributed by atoms with E-state index in [1.165, 1.54) is 23.7 Å². The molecule has 0 amide bonds. The molecule has 6 heteroatoms. The lowest BCUT2D eigenvalue weighted by molar-refractivity contribution is -0.155. The van der Waals surface area contributed by atoms with Gasteiger partial charge in [0.1, 0.15) is 23.6 Å². The predicted molar refractivity (Wildman–Crippen MR) is 77.2 cm³/mol. The topological polar surface area (TPSA) is 81.4 Å². The van der Waals surface area contributed by atoms with Gasteiger partial charge >= 0.3 is 5.97 Å². The van der Waals surface area contributed by atoms with Gasteiger partial charge in [-0.25, -0.2) is 0 Å². The van der Waals surface area contributed by atoms with Crippen LogP contribution >= 0.6 is 0 Å². The number of hydrogen-bond donors (Lipinski definition) is 1. The number of ketones is 1. The van der Waals surface area contributed by atoms with Crippen molar-refractivity contribution in [3.8, 4) is 5.75 Å². The van der Waals surface area contributed by atoms with Crippen LogP contribution in [0, 0.1) is 0 Å². The summed E-state index contributed by atoms with van der Waals surface area (Å²) < 4.78 is 6.67. The maximum absolute atomic E-state index is 11.9. The zero-order valence-corrected chi connectivity index (χ0v) is 12.5. The van der Waals surface area contributed by atoms with Gasteiger partial charge in [0.25, 0.3) is 0 Å². The second-order valence-electron chi connectivity index (χ2n) is 5.85. The van der Waals surface area contributed by atoms with Gasteiger partial charge in [-0.05, 0) is 39.0 Å². The molecule has 0 aliphatic heterocycles. The maximum atomic E-state index is 11.9. The molecule has 6 nitrogen and oxygen atoms in total. The molecule has 1 N–H and O–H groups in total. The first-order valence-corrected chi connectivity index (χ1v) is 6.60. The number of nitrogens with zero attached hydrogens (tertiary/aromatic N) is 2. The van der Waals surface area contributed by atoms with Crippen molar-refractivity contribution in [3.05, 3.63) is 23.9 Å². The highest BCUT2D eigenvalue weighted by Crippen LogP contribution is 2.24. The second kappa shape index (κ2) is 5.20. The van der Waals surface area contributed by atoms with Gasteiger partial charge in [-0.3, -0.25) is 14.3 Å². The fourth-order valence-corrected chi connectivity index (χ4v) is 2.04. The van der Waals surface area contributed by atoms with Gasteiger partial charge in [-0.15, -0.1) is 0 Å². The quantitative estimate of drug-likeness (QED) is 0.693. The molecule has 0 bridgehead atoms. The van der Waals surface area contributed by atoms with Crippen LogP contribution in [-0.4, -0.2) is 32.2 Å². The molecule has 0 fully saturated rings. The number of carbonyl (C=O) groups is 2. The molecular weight excluding hydrogens is 272 g/mol. The van der Waals surface area contributed by atoms with Crippen molar-refractivity contribution in [1.29, 1.82) is 0 Å². The Balaban J connectivity index is 2.41. The number of ether oxygens (including phenoxy) is 1. The number of aromatic hydroxyl groups is 1. The second-order valence-corrected chi connectivity index (χ2v) is 5.85. The monoisotopic (exact) mass is 290 g/mol. The lowest BCUT2D eigenvalue weighted by Crippen LogP contribution is -2.26. The normalized spacial score (nSPS) is 11.6. The summed E-state index contributed by atoms with van der Waals surface area (Å²) >= 11 is 0. The molecular formula is C15H18N2O4. The summed E-state index contributed by atoms with van der Waals surface area (Å²) in [5.41, 5.74) is 0.246. The highest BCUT2D eigenvalue weighted by molar-refractivity contribution is 6.05. The summed E-state index contributed by atoms with van der Waals surface area (Å²) in [5, 5.41) is 14.2. The number of carbonyl (C=O) groups excluding carboxylic acids is 2. The summed E-state index contributed by atoms with van der Waals surface area (Å²) in [6.45, 7) is 6.65. The summed E-state index contributed by atoms with van der Waals surface area (Å²) in [7, 11) is 0. The van der Waals surface area contributed by atoms with E-state index >= 15 is 0 Å². The number of benzene rings is 1. The molecule has 21 heavy (non-hydrogen) atoms. The lowest BCUT2D eigenvalue weighted by atomic mass is 10.1. The van der Waals surface area contributed by atoms with E-state index in [1.807, 2.05) is 0 Å². The van der Waals surface area contributed by atoms with Gasteiger partial charge in [-0.2, -0.15) is 5.10 Å². The highest BCUT2D eigenvalue weighted by atomic mass is 16.6. The Morgan fingerprint density at radius 1 is 1.33 bits per heavy atom. The SMILES string of the molecule is CC(=O)c1nn(CC(=O)OC(C)(C)C)c2ccc(O)cc12. The van der Waals surface area contributed by atoms with Crippen LogP contribution in [-0.2, 0) is 16.1 Å². The zero-order chi connectivity index (χ0) is 15.8. The molecule has 2 aromatic rings. The van der Waals surface area contributed by atoms with Crippen molar-refractivity contribution in [2.24, 2.45) is 0 Å². The van der Waals surface area contributed by atoms with Gasteiger partial charge in [-0.1, -0.05) is 0 Å². The van der Waals surface area contributed by atoms with Crippen LogP contribution in [0.1, 0.15) is 38.2 Å². The number of phenolic OH excluding ortho intramolecular Hbond substituents is 1. The first-order valence-electron chi connectivity index (χ1n) is 6.60. The Labute approximate surface area is 122 Å². The summed E-state index contributed by atoms with van der Waals surface area (Å²) in [6.07, 6.45) is 0. The molecule has 0 spiro atoms. The largest absolute Gasteiger partial charge is 0.508 e. The Hall–Kier alpha value is -2.37. The van der Waals surface area contributed by atoms with Gasteiger partial charge in [0.05, 0.1) is 5.52 Å². The third kappa shape index (κ3) is 3.39. The van der Waals surface area contributed by atoms with Gasteiger partial charge < -0.3 is 9.84 Å². The third-order valence-electron chi connectivity index (χ3n) is 2.77. The van der Waals surface area contributed by atoms with Crippen molar-refractivity contribution in [3.63, 3.8) is 0 Å². The van der Waals surface area contributed by atoms with E-state index in [0.717, 1.165) is 0 Å². The molecule has 0 unspecified atom stereocenters. The molecule has 0 saturated carbocycles. The number of Topliss-reactive ketones (excluding diaryl/α,β-unsaturated/α-hetero) is 1. The van der Waals surface area contributed by atoms with Crippen LogP contribution in [0.3, 0.4) is 0 Å². The smallest absolute Gasteiger partial charge is 0.328 e. The minimum atomic E-state index is -0.582. The fourth-order valence-electron chi connectivity index (χ4n) is 2.04. The van der Waals surface area contributed by atoms with Crippen LogP contribution in [0.5, 0.6) is 5.75 Å². The third-order valence-corrected chi connectivity index (χ3v) is 2.77. The standard InChI is InChI=1S/C15H18N2O4/c1-9(18)14-11-7-10(19)5-6-12(11)17(16-14)8-13(20)21-15(2,3)4/h5-7,19H,8H2,1-4H3. The van der Waals surface area contributed by atoms with Crippen LogP contribution in [0.4, 0.5) is 0 Å². The molecule has 1 aromatic carbocycles. The van der Waals surface area contributed by atoms with Crippen molar-refractivity contribution >= 4 is 22.7 Å². The first-order chi connectivity index (χ1) is 9.67. The van der Waals surface area contributed by atoms with E-state index in [1.54, 1.807) is 26.8 Å². The lowest BCUT2D eigenvalue weighted by Gasteiger charge is -2.19. The number of hydrogen-bond acceptors (Lipinski definition) is 5. The van der Waals surface area contributed by atoms with E-state index in [2.05, 4.69) is 5.10 Å². The van der Waals surface area contributed by atoms with Crippen molar-refractivity contribution in [1.82, 2.24) is 9.78 Å². The van der Waals surface area contributed by atoms with Gasteiger partial charge in [0.15, 0.2) is 5.78 Å². The van der Waals surface area contributed by atoms with Crippen LogP contribution < -0.4 is 0 Å². The number of rotatable bonds is 3.